The van der Waals surface area contributed by atoms with E-state index in [-0.39, 0.29) is 35.6 Å². The Morgan fingerprint density at radius 3 is 2.53 bits per heavy atom. The average molecular weight is 542 g/mol. The summed E-state index contributed by atoms with van der Waals surface area (Å²) in [4.78, 5) is 32.1. The van der Waals surface area contributed by atoms with Crippen molar-refractivity contribution in [2.75, 3.05) is 19.0 Å². The van der Waals surface area contributed by atoms with Crippen molar-refractivity contribution in [1.29, 1.82) is 0 Å². The topological polar surface area (TPSA) is 71.0 Å². The minimum atomic E-state index is -4.53. The monoisotopic (exact) mass is 541 g/mol. The molecule has 198 valence electrons. The number of hydrogen-bond donors (Lipinski definition) is 1. The van der Waals surface area contributed by atoms with Crippen LogP contribution in [-0.2, 0) is 22.2 Å². The number of hydrogen-bond acceptors (Lipinski definition) is 5. The number of nitrogens with one attached hydrogen (secondary N) is 1. The van der Waals surface area contributed by atoms with Gasteiger partial charge < -0.3 is 10.1 Å². The minimum absolute atomic E-state index is 0.0457. The highest BCUT2D eigenvalue weighted by Gasteiger charge is 2.36. The van der Waals surface area contributed by atoms with Crippen molar-refractivity contribution in [3.63, 3.8) is 0 Å². The van der Waals surface area contributed by atoms with Crippen LogP contribution < -0.4 is 10.1 Å². The number of amides is 2. The fourth-order valence-electron chi connectivity index (χ4n) is 3.90. The predicted molar refractivity (Wildman–Crippen MR) is 143 cm³/mol. The average Bonchev–Trinajstić information content (AvgIpc) is 2.88. The molecule has 3 aromatic carbocycles. The lowest BCUT2D eigenvalue weighted by atomic mass is 10.1. The molecule has 0 spiro atoms. The van der Waals surface area contributed by atoms with Crippen molar-refractivity contribution >= 4 is 40.1 Å². The van der Waals surface area contributed by atoms with Crippen LogP contribution in [0.25, 0.3) is 0 Å². The molecular formula is C28H26F3N3O3S. The Labute approximate surface area is 222 Å². The van der Waals surface area contributed by atoms with Gasteiger partial charge in [0.05, 0.1) is 18.4 Å². The van der Waals surface area contributed by atoms with Crippen LogP contribution in [0.15, 0.2) is 77.8 Å². The van der Waals surface area contributed by atoms with E-state index >= 15 is 0 Å². The first-order chi connectivity index (χ1) is 18.1. The van der Waals surface area contributed by atoms with Crippen LogP contribution in [-0.4, -0.2) is 40.8 Å². The number of ether oxygens (including phenoxy) is 1. The first-order valence-electron chi connectivity index (χ1n) is 11.9. The maximum absolute atomic E-state index is 13.3. The van der Waals surface area contributed by atoms with Crippen molar-refractivity contribution in [2.45, 2.75) is 31.2 Å². The number of thioether (sulfide) groups is 1. The van der Waals surface area contributed by atoms with Gasteiger partial charge in [0.15, 0.2) is 5.17 Å². The van der Waals surface area contributed by atoms with E-state index in [4.69, 9.17) is 4.74 Å². The normalized spacial score (nSPS) is 17.0. The Bertz CT molecular complexity index is 1340. The number of carbonyl (C=O) groups excluding carboxylic acids is 2. The van der Waals surface area contributed by atoms with Crippen molar-refractivity contribution in [2.24, 2.45) is 4.99 Å². The fraction of sp³-hybridized carbons (Fsp3) is 0.250. The lowest BCUT2D eigenvalue weighted by molar-refractivity contribution is -0.137. The van der Waals surface area contributed by atoms with Crippen LogP contribution in [0.3, 0.4) is 0 Å². The molecule has 3 aromatic rings. The molecule has 1 aliphatic heterocycles. The van der Waals surface area contributed by atoms with Gasteiger partial charge in [-0.3, -0.25) is 14.5 Å². The molecule has 10 heteroatoms. The third kappa shape index (κ3) is 6.95. The van der Waals surface area contributed by atoms with Crippen molar-refractivity contribution in [3.05, 3.63) is 89.5 Å². The van der Waals surface area contributed by atoms with E-state index in [2.05, 4.69) is 10.3 Å². The number of carbonyl (C=O) groups is 2. The van der Waals surface area contributed by atoms with E-state index < -0.39 is 17.0 Å². The fourth-order valence-corrected chi connectivity index (χ4v) is 5.03. The second-order valence-electron chi connectivity index (χ2n) is 8.76. The van der Waals surface area contributed by atoms with Crippen LogP contribution in [0.4, 0.5) is 24.5 Å². The molecule has 1 fully saturated rings. The van der Waals surface area contributed by atoms with Crippen LogP contribution in [0.2, 0.25) is 0 Å². The number of aryl methyl sites for hydroxylation is 1. The van der Waals surface area contributed by atoms with Crippen LogP contribution in [0.1, 0.15) is 23.1 Å². The van der Waals surface area contributed by atoms with Gasteiger partial charge in [-0.1, -0.05) is 42.1 Å². The number of aliphatic imine (C=N–C) groups is 1. The van der Waals surface area contributed by atoms with Gasteiger partial charge in [0, 0.05) is 18.7 Å². The number of amidine groups is 1. The van der Waals surface area contributed by atoms with Gasteiger partial charge in [-0.05, 0) is 66.9 Å². The highest BCUT2D eigenvalue weighted by molar-refractivity contribution is 8.15. The Morgan fingerprint density at radius 1 is 1.11 bits per heavy atom. The number of methoxy groups -OCH3 is 1. The molecule has 1 aliphatic rings. The maximum Gasteiger partial charge on any atom is 0.416 e. The Hall–Kier alpha value is -3.79. The zero-order valence-corrected chi connectivity index (χ0v) is 21.6. The van der Waals surface area contributed by atoms with Crippen LogP contribution >= 0.6 is 11.8 Å². The number of nitrogens with zero attached hydrogens (tertiary/aromatic N) is 2. The van der Waals surface area contributed by atoms with Gasteiger partial charge in [-0.25, -0.2) is 4.99 Å². The summed E-state index contributed by atoms with van der Waals surface area (Å²) in [5.74, 6) is 0.000456. The molecular weight excluding hydrogens is 515 g/mol. The molecule has 4 rings (SSSR count). The third-order valence-corrected chi connectivity index (χ3v) is 7.09. The second-order valence-corrected chi connectivity index (χ2v) is 9.93. The number of benzene rings is 3. The highest BCUT2D eigenvalue weighted by Crippen LogP contribution is 2.34. The number of anilines is 1. The molecule has 38 heavy (non-hydrogen) atoms. The van der Waals surface area contributed by atoms with Crippen LogP contribution in [0.5, 0.6) is 5.75 Å². The van der Waals surface area contributed by atoms with E-state index in [0.29, 0.717) is 17.9 Å². The molecule has 2 amide bonds. The summed E-state index contributed by atoms with van der Waals surface area (Å²) in [6.45, 7) is 2.15. The summed E-state index contributed by atoms with van der Waals surface area (Å²) in [5.41, 5.74) is 1.71. The minimum Gasteiger partial charge on any atom is -0.497 e. The quantitative estimate of drug-likeness (QED) is 0.385. The Kier molecular flexibility index (Phi) is 8.41. The molecule has 0 aliphatic carbocycles. The first kappa shape index (κ1) is 27.3. The molecule has 1 N–H and O–H groups in total. The van der Waals surface area contributed by atoms with E-state index in [9.17, 15) is 22.8 Å². The molecule has 0 saturated carbocycles. The predicted octanol–water partition coefficient (Wildman–Crippen LogP) is 6.23. The number of rotatable bonds is 7. The summed E-state index contributed by atoms with van der Waals surface area (Å²) in [6, 6.07) is 19.2. The van der Waals surface area contributed by atoms with E-state index in [1.54, 1.807) is 13.2 Å². The molecule has 1 atom stereocenters. The molecule has 0 radical (unpaired) electrons. The molecule has 0 bridgehead atoms. The zero-order chi connectivity index (χ0) is 27.3. The summed E-state index contributed by atoms with van der Waals surface area (Å²) in [5, 5.41) is 2.22. The van der Waals surface area contributed by atoms with Gasteiger partial charge in [0.25, 0.3) is 0 Å². The summed E-state index contributed by atoms with van der Waals surface area (Å²) < 4.78 is 45.0. The smallest absolute Gasteiger partial charge is 0.416 e. The second kappa shape index (κ2) is 11.7. The first-order valence-corrected chi connectivity index (χ1v) is 12.7. The van der Waals surface area contributed by atoms with E-state index in [0.717, 1.165) is 35.0 Å². The number of halogens is 3. The Balaban J connectivity index is 1.59. The van der Waals surface area contributed by atoms with Gasteiger partial charge in [0.1, 0.15) is 11.0 Å². The van der Waals surface area contributed by atoms with E-state index in [1.165, 1.54) is 17.0 Å². The van der Waals surface area contributed by atoms with Gasteiger partial charge in [-0.2, -0.15) is 13.2 Å². The van der Waals surface area contributed by atoms with Crippen molar-refractivity contribution < 1.29 is 27.5 Å². The summed E-state index contributed by atoms with van der Waals surface area (Å²) in [6.07, 6.45) is -4.11. The molecule has 0 aromatic heterocycles. The lowest BCUT2D eigenvalue weighted by Gasteiger charge is -2.32. The van der Waals surface area contributed by atoms with Crippen molar-refractivity contribution in [3.8, 4) is 5.75 Å². The largest absolute Gasteiger partial charge is 0.497 e. The van der Waals surface area contributed by atoms with Gasteiger partial charge in [0.2, 0.25) is 11.8 Å². The third-order valence-electron chi connectivity index (χ3n) is 5.90. The molecule has 6 nitrogen and oxygen atoms in total. The summed E-state index contributed by atoms with van der Waals surface area (Å²) >= 11 is 1.07. The number of alkyl halides is 3. The Morgan fingerprint density at radius 2 is 1.84 bits per heavy atom. The zero-order valence-electron chi connectivity index (χ0n) is 20.8. The van der Waals surface area contributed by atoms with Gasteiger partial charge in [-0.15, -0.1) is 0 Å². The SMILES string of the molecule is COc1ccc(CCN2C(=O)C[C@H](C(=O)Nc3cccc(C)c3)SC2=Nc2cccc(C(F)(F)F)c2)cc1. The van der Waals surface area contributed by atoms with E-state index in [1.807, 2.05) is 49.4 Å². The lowest BCUT2D eigenvalue weighted by Crippen LogP contribution is -2.46. The maximum atomic E-state index is 13.3. The van der Waals surface area contributed by atoms with Gasteiger partial charge >= 0.3 is 6.18 Å². The standard InChI is InChI=1S/C28H26F3N3O3S/c1-18-5-3-7-21(15-18)32-26(36)24-17-25(35)34(14-13-19-9-11-23(37-2)12-10-19)27(38-24)33-22-8-4-6-20(16-22)28(29,30)31/h3-12,15-16,24H,13-14,17H2,1-2H3,(H,32,36)/t24-/m1/s1. The van der Waals surface area contributed by atoms with Crippen LogP contribution in [0, 0.1) is 6.92 Å². The summed E-state index contributed by atoms with van der Waals surface area (Å²) in [7, 11) is 1.57. The molecule has 1 saturated heterocycles. The molecule has 1 heterocycles. The molecule has 0 unspecified atom stereocenters. The highest BCUT2D eigenvalue weighted by atomic mass is 32.2. The van der Waals surface area contributed by atoms with Crippen molar-refractivity contribution in [1.82, 2.24) is 4.90 Å².